The summed E-state index contributed by atoms with van der Waals surface area (Å²) in [5, 5.41) is 2.73. The summed E-state index contributed by atoms with van der Waals surface area (Å²) in [4.78, 5) is 46.8. The lowest BCUT2D eigenvalue weighted by Gasteiger charge is -2.16. The number of nitrogens with one attached hydrogen (secondary N) is 1. The summed E-state index contributed by atoms with van der Waals surface area (Å²) in [5.41, 5.74) is 3.09. The largest absolute Gasteiger partial charge is 0.310 e. The normalized spacial score (nSPS) is 13.9. The number of hydrogen-bond acceptors (Lipinski definition) is 5. The van der Waals surface area contributed by atoms with E-state index in [4.69, 9.17) is 0 Å². The fraction of sp³-hybridized carbons (Fsp3) is 0.174. The van der Waals surface area contributed by atoms with Crippen molar-refractivity contribution in [2.75, 3.05) is 12.4 Å². The Morgan fingerprint density at radius 1 is 1.06 bits per heavy atom. The molecule has 1 aliphatic rings. The predicted octanol–water partition coefficient (Wildman–Crippen LogP) is 3.56. The van der Waals surface area contributed by atoms with E-state index >= 15 is 0 Å². The number of aryl methyl sites for hydroxylation is 1. The zero-order chi connectivity index (χ0) is 22.3. The number of pyridine rings is 2. The smallest absolute Gasteiger partial charge is 0.261 e. The minimum absolute atomic E-state index is 0.266. The van der Waals surface area contributed by atoms with Crippen LogP contribution in [0.15, 0.2) is 48.9 Å². The zero-order valence-corrected chi connectivity index (χ0v) is 17.1. The standard InChI is InChI=1S/C23H19FN4O3/c1-12-6-17(20-18(7-12)22(30)28(3)23(20)31)13(2)21(29)27-19-5-4-14(10-26-19)15-8-16(24)11-25-9-15/h4-11,13H,1-3H3,(H,26,27,29)/t13-/m0/s1. The van der Waals surface area contributed by atoms with Crippen molar-refractivity contribution in [3.63, 3.8) is 0 Å². The Balaban J connectivity index is 1.57. The molecule has 0 saturated heterocycles. The van der Waals surface area contributed by atoms with Crippen molar-refractivity contribution in [3.8, 4) is 11.1 Å². The maximum Gasteiger partial charge on any atom is 0.261 e. The summed E-state index contributed by atoms with van der Waals surface area (Å²) >= 11 is 0. The first-order chi connectivity index (χ1) is 14.8. The Morgan fingerprint density at radius 2 is 1.84 bits per heavy atom. The van der Waals surface area contributed by atoms with Crippen LogP contribution >= 0.6 is 0 Å². The van der Waals surface area contributed by atoms with E-state index in [-0.39, 0.29) is 17.4 Å². The number of nitrogens with zero attached hydrogens (tertiary/aromatic N) is 3. The summed E-state index contributed by atoms with van der Waals surface area (Å²) in [6.07, 6.45) is 4.15. The monoisotopic (exact) mass is 418 g/mol. The number of hydrogen-bond donors (Lipinski definition) is 1. The summed E-state index contributed by atoms with van der Waals surface area (Å²) in [6, 6.07) is 8.06. The highest BCUT2D eigenvalue weighted by molar-refractivity contribution is 6.22. The first kappa shape index (κ1) is 20.3. The molecule has 0 unspecified atom stereocenters. The van der Waals surface area contributed by atoms with E-state index in [2.05, 4.69) is 15.3 Å². The van der Waals surface area contributed by atoms with Gasteiger partial charge in [-0.3, -0.25) is 24.3 Å². The Hall–Kier alpha value is -3.94. The second-order valence-corrected chi connectivity index (χ2v) is 7.48. The number of aromatic nitrogens is 2. The molecular weight excluding hydrogens is 399 g/mol. The Morgan fingerprint density at radius 3 is 2.52 bits per heavy atom. The molecule has 1 aromatic carbocycles. The van der Waals surface area contributed by atoms with Crippen LogP contribution in [0.3, 0.4) is 0 Å². The van der Waals surface area contributed by atoms with Crippen LogP contribution < -0.4 is 5.32 Å². The fourth-order valence-corrected chi connectivity index (χ4v) is 3.59. The number of rotatable bonds is 4. The second kappa shape index (κ2) is 7.71. The topological polar surface area (TPSA) is 92.3 Å². The van der Waals surface area contributed by atoms with Crippen LogP contribution in [0.5, 0.6) is 0 Å². The van der Waals surface area contributed by atoms with Gasteiger partial charge in [-0.1, -0.05) is 6.07 Å². The molecule has 3 amide bonds. The molecular formula is C23H19FN4O3. The van der Waals surface area contributed by atoms with E-state index in [1.165, 1.54) is 25.5 Å². The summed E-state index contributed by atoms with van der Waals surface area (Å²) < 4.78 is 13.4. The highest BCUT2D eigenvalue weighted by atomic mass is 19.1. The van der Waals surface area contributed by atoms with E-state index in [1.54, 1.807) is 31.2 Å². The van der Waals surface area contributed by atoms with Crippen LogP contribution in [0, 0.1) is 12.7 Å². The van der Waals surface area contributed by atoms with Crippen molar-refractivity contribution in [2.24, 2.45) is 0 Å². The summed E-state index contributed by atoms with van der Waals surface area (Å²) in [5.74, 6) is -1.98. The highest BCUT2D eigenvalue weighted by Gasteiger charge is 2.37. The molecule has 1 aliphatic heterocycles. The molecule has 0 radical (unpaired) electrons. The van der Waals surface area contributed by atoms with Crippen LogP contribution in [0.4, 0.5) is 10.2 Å². The van der Waals surface area contributed by atoms with E-state index < -0.39 is 17.6 Å². The zero-order valence-electron chi connectivity index (χ0n) is 17.1. The van der Waals surface area contributed by atoms with Gasteiger partial charge in [-0.25, -0.2) is 9.37 Å². The quantitative estimate of drug-likeness (QED) is 0.654. The second-order valence-electron chi connectivity index (χ2n) is 7.48. The number of halogens is 1. The van der Waals surface area contributed by atoms with E-state index in [0.29, 0.717) is 28.1 Å². The average Bonchev–Trinajstić information content (AvgIpc) is 2.97. The third-order valence-electron chi connectivity index (χ3n) is 5.28. The molecule has 1 N–H and O–H groups in total. The maximum atomic E-state index is 13.4. The Kier molecular flexibility index (Phi) is 5.06. The van der Waals surface area contributed by atoms with Crippen LogP contribution in [-0.4, -0.2) is 39.6 Å². The molecule has 8 heteroatoms. The summed E-state index contributed by atoms with van der Waals surface area (Å²) in [6.45, 7) is 3.49. The SMILES string of the molecule is Cc1cc2c(c([C@H](C)C(=O)Nc3ccc(-c4cncc(F)c4)cn3)c1)C(=O)N(C)C2=O. The lowest BCUT2D eigenvalue weighted by molar-refractivity contribution is -0.117. The van der Waals surface area contributed by atoms with Gasteiger partial charge < -0.3 is 5.32 Å². The molecule has 4 rings (SSSR count). The van der Waals surface area contributed by atoms with Crippen LogP contribution in [0.2, 0.25) is 0 Å². The summed E-state index contributed by atoms with van der Waals surface area (Å²) in [7, 11) is 1.42. The van der Waals surface area contributed by atoms with Gasteiger partial charge in [0.15, 0.2) is 0 Å². The van der Waals surface area contributed by atoms with Crippen molar-refractivity contribution in [1.29, 1.82) is 0 Å². The van der Waals surface area contributed by atoms with E-state index in [0.717, 1.165) is 16.7 Å². The van der Waals surface area contributed by atoms with Gasteiger partial charge in [0.1, 0.15) is 11.6 Å². The van der Waals surface area contributed by atoms with Gasteiger partial charge in [0.2, 0.25) is 5.91 Å². The molecule has 0 saturated carbocycles. The highest BCUT2D eigenvalue weighted by Crippen LogP contribution is 2.32. The Labute approximate surface area is 177 Å². The van der Waals surface area contributed by atoms with Gasteiger partial charge in [0, 0.05) is 30.6 Å². The fourth-order valence-electron chi connectivity index (χ4n) is 3.59. The van der Waals surface area contributed by atoms with Crippen LogP contribution in [-0.2, 0) is 4.79 Å². The molecule has 0 aliphatic carbocycles. The van der Waals surface area contributed by atoms with Gasteiger partial charge >= 0.3 is 0 Å². The van der Waals surface area contributed by atoms with Crippen molar-refractivity contribution in [3.05, 3.63) is 77.0 Å². The number of anilines is 1. The lowest BCUT2D eigenvalue weighted by atomic mass is 9.90. The van der Waals surface area contributed by atoms with E-state index in [9.17, 15) is 18.8 Å². The van der Waals surface area contributed by atoms with Gasteiger partial charge in [-0.15, -0.1) is 0 Å². The van der Waals surface area contributed by atoms with Gasteiger partial charge in [-0.05, 0) is 49.2 Å². The van der Waals surface area contributed by atoms with Crippen molar-refractivity contribution < 1.29 is 18.8 Å². The Bertz CT molecular complexity index is 1220. The van der Waals surface area contributed by atoms with Crippen molar-refractivity contribution in [2.45, 2.75) is 19.8 Å². The minimum Gasteiger partial charge on any atom is -0.310 e. The van der Waals surface area contributed by atoms with Crippen LogP contribution in [0.1, 0.15) is 44.7 Å². The van der Waals surface area contributed by atoms with Gasteiger partial charge in [0.25, 0.3) is 11.8 Å². The van der Waals surface area contributed by atoms with Crippen LogP contribution in [0.25, 0.3) is 11.1 Å². The number of carbonyl (C=O) groups excluding carboxylic acids is 3. The lowest BCUT2D eigenvalue weighted by Crippen LogP contribution is -2.25. The number of carbonyl (C=O) groups is 3. The van der Waals surface area contributed by atoms with Crippen molar-refractivity contribution >= 4 is 23.5 Å². The molecule has 7 nitrogen and oxygen atoms in total. The number of fused-ring (bicyclic) bond motifs is 1. The predicted molar refractivity (Wildman–Crippen MR) is 112 cm³/mol. The first-order valence-electron chi connectivity index (χ1n) is 9.61. The molecule has 0 bridgehead atoms. The molecule has 3 heterocycles. The molecule has 3 aromatic rings. The van der Waals surface area contributed by atoms with E-state index in [1.807, 2.05) is 6.92 Å². The first-order valence-corrected chi connectivity index (χ1v) is 9.61. The molecule has 0 fully saturated rings. The van der Waals surface area contributed by atoms with Crippen molar-refractivity contribution in [1.82, 2.24) is 14.9 Å². The minimum atomic E-state index is -0.689. The molecule has 1 atom stereocenters. The van der Waals surface area contributed by atoms with Gasteiger partial charge in [-0.2, -0.15) is 0 Å². The third-order valence-corrected chi connectivity index (χ3v) is 5.28. The molecule has 2 aromatic heterocycles. The molecule has 0 spiro atoms. The molecule has 31 heavy (non-hydrogen) atoms. The average molecular weight is 418 g/mol. The number of imide groups is 1. The number of benzene rings is 1. The van der Waals surface area contributed by atoms with Gasteiger partial charge in [0.05, 0.1) is 23.2 Å². The maximum absolute atomic E-state index is 13.4. The number of amides is 3. The molecule has 156 valence electrons. The third kappa shape index (κ3) is 3.68.